The molecule has 1 aliphatic heterocycles. The number of amides is 2. The predicted octanol–water partition coefficient (Wildman–Crippen LogP) is 6.64. The lowest BCUT2D eigenvalue weighted by Crippen LogP contribution is -2.42. The summed E-state index contributed by atoms with van der Waals surface area (Å²) in [5.41, 5.74) is 1.29. The van der Waals surface area contributed by atoms with Crippen LogP contribution in [0.15, 0.2) is 42.9 Å². The summed E-state index contributed by atoms with van der Waals surface area (Å²) in [5, 5.41) is 0.713. The van der Waals surface area contributed by atoms with Gasteiger partial charge in [-0.1, -0.05) is 0 Å². The minimum atomic E-state index is -0.587. The Labute approximate surface area is 241 Å². The Kier molecular flexibility index (Phi) is 8.85. The molecule has 1 aliphatic rings. The first kappa shape index (κ1) is 30.2. The van der Waals surface area contributed by atoms with Gasteiger partial charge in [-0.25, -0.2) is 9.18 Å². The quantitative estimate of drug-likeness (QED) is 0.313. The van der Waals surface area contributed by atoms with Gasteiger partial charge >= 0.3 is 6.09 Å². The maximum atomic E-state index is 14.5. The van der Waals surface area contributed by atoms with Gasteiger partial charge in [-0.3, -0.25) is 14.6 Å². The van der Waals surface area contributed by atoms with Gasteiger partial charge in [-0.05, 0) is 92.0 Å². The first-order valence-corrected chi connectivity index (χ1v) is 14.4. The average molecular weight is 565 g/mol. The summed E-state index contributed by atoms with van der Waals surface area (Å²) in [6.07, 6.45) is 6.53. The molecule has 0 aliphatic carbocycles. The van der Waals surface area contributed by atoms with E-state index in [2.05, 4.69) is 4.98 Å². The first-order valence-electron chi connectivity index (χ1n) is 14.4. The summed E-state index contributed by atoms with van der Waals surface area (Å²) in [5.74, 6) is -1.09. The van der Waals surface area contributed by atoms with Gasteiger partial charge in [0.1, 0.15) is 11.4 Å². The lowest BCUT2D eigenvalue weighted by atomic mass is 9.91. The van der Waals surface area contributed by atoms with Crippen LogP contribution in [0.25, 0.3) is 16.6 Å². The number of likely N-dealkylation sites (tertiary alicyclic amines) is 1. The molecule has 0 radical (unpaired) electrons. The number of hydrogen-bond acceptors (Lipinski definition) is 5. The number of halogens is 1. The van der Waals surface area contributed by atoms with Gasteiger partial charge in [-0.2, -0.15) is 0 Å². The molecule has 3 heterocycles. The van der Waals surface area contributed by atoms with Crippen molar-refractivity contribution in [3.8, 4) is 5.69 Å². The molecular formula is C32H41FN4O4. The van der Waals surface area contributed by atoms with Gasteiger partial charge < -0.3 is 19.1 Å². The number of rotatable bonds is 6. The minimum absolute atomic E-state index is 0.0213. The van der Waals surface area contributed by atoms with Crippen LogP contribution in [0, 0.1) is 11.7 Å². The van der Waals surface area contributed by atoms with Crippen molar-refractivity contribution < 1.29 is 23.5 Å². The lowest BCUT2D eigenvalue weighted by molar-refractivity contribution is 0.0254. The van der Waals surface area contributed by atoms with Crippen LogP contribution < -0.4 is 0 Å². The molecule has 2 aromatic heterocycles. The zero-order chi connectivity index (χ0) is 30.1. The zero-order valence-corrected chi connectivity index (χ0v) is 25.1. The van der Waals surface area contributed by atoms with E-state index in [0.717, 1.165) is 0 Å². The molecule has 1 saturated heterocycles. The van der Waals surface area contributed by atoms with E-state index in [0.29, 0.717) is 54.5 Å². The molecule has 3 aromatic rings. The van der Waals surface area contributed by atoms with Crippen molar-refractivity contribution >= 4 is 28.7 Å². The van der Waals surface area contributed by atoms with Crippen molar-refractivity contribution in [2.75, 3.05) is 13.1 Å². The number of fused-ring (bicyclic) bond motifs is 1. The Bertz CT molecular complexity index is 1430. The number of Topliss-reactive ketones (excluding diaryl/α,β-unsaturated/α-hetero) is 1. The smallest absolute Gasteiger partial charge is 0.410 e. The molecule has 0 N–H and O–H groups in total. The van der Waals surface area contributed by atoms with Gasteiger partial charge in [0.25, 0.3) is 5.91 Å². The number of pyridine rings is 1. The minimum Gasteiger partial charge on any atom is -0.444 e. The number of benzene rings is 1. The predicted molar refractivity (Wildman–Crippen MR) is 157 cm³/mol. The largest absolute Gasteiger partial charge is 0.444 e. The number of ether oxygens (including phenoxy) is 1. The fourth-order valence-electron chi connectivity index (χ4n) is 5.65. The van der Waals surface area contributed by atoms with E-state index in [9.17, 15) is 18.8 Å². The topological polar surface area (TPSA) is 84.7 Å². The third kappa shape index (κ3) is 6.60. The molecule has 4 rings (SSSR count). The number of aromatic nitrogens is 2. The highest BCUT2D eigenvalue weighted by Gasteiger charge is 2.31. The average Bonchev–Trinajstić information content (AvgIpc) is 3.08. The van der Waals surface area contributed by atoms with Crippen LogP contribution in [-0.2, 0) is 4.74 Å². The van der Waals surface area contributed by atoms with Gasteiger partial charge in [0, 0.05) is 54.4 Å². The van der Waals surface area contributed by atoms with Crippen molar-refractivity contribution in [1.82, 2.24) is 19.4 Å². The van der Waals surface area contributed by atoms with E-state index in [4.69, 9.17) is 4.74 Å². The standard InChI is InChI=1S/C32H41FN4O4/c1-20(2)37(21(3)4)30(39)25-17-23(33)10-11-27(25)36-19-26(24-12-14-34-18-28(24)36)29(38)22-9-8-15-35(16-13-22)31(40)41-32(5,6)7/h10-12,14,17-22H,8-9,13,15-16H2,1-7H3. The van der Waals surface area contributed by atoms with Gasteiger partial charge in [0.05, 0.1) is 23.0 Å². The van der Waals surface area contributed by atoms with Crippen molar-refractivity contribution in [3.05, 3.63) is 59.8 Å². The van der Waals surface area contributed by atoms with Crippen LogP contribution in [0.2, 0.25) is 0 Å². The van der Waals surface area contributed by atoms with Crippen LogP contribution in [-0.4, -0.2) is 67.9 Å². The summed E-state index contributed by atoms with van der Waals surface area (Å²) >= 11 is 0. The monoisotopic (exact) mass is 564 g/mol. The van der Waals surface area contributed by atoms with E-state index in [1.807, 2.05) is 48.5 Å². The molecule has 0 bridgehead atoms. The summed E-state index contributed by atoms with van der Waals surface area (Å²) in [4.78, 5) is 48.0. The van der Waals surface area contributed by atoms with Crippen molar-refractivity contribution in [1.29, 1.82) is 0 Å². The zero-order valence-electron chi connectivity index (χ0n) is 25.1. The number of carbonyl (C=O) groups is 3. The normalized spacial score (nSPS) is 16.2. The molecule has 41 heavy (non-hydrogen) atoms. The number of hydrogen-bond donors (Lipinski definition) is 0. The number of nitrogens with zero attached hydrogens (tertiary/aromatic N) is 4. The highest BCUT2D eigenvalue weighted by atomic mass is 19.1. The molecule has 220 valence electrons. The van der Waals surface area contributed by atoms with Crippen LogP contribution in [0.1, 0.15) is 88.4 Å². The molecule has 1 aromatic carbocycles. The van der Waals surface area contributed by atoms with E-state index < -0.39 is 11.4 Å². The summed E-state index contributed by atoms with van der Waals surface area (Å²) in [7, 11) is 0. The summed E-state index contributed by atoms with van der Waals surface area (Å²) in [6.45, 7) is 14.2. The second-order valence-electron chi connectivity index (χ2n) is 12.3. The fraction of sp³-hybridized carbons (Fsp3) is 0.500. The molecular weight excluding hydrogens is 523 g/mol. The molecule has 0 saturated carbocycles. The van der Waals surface area contributed by atoms with Gasteiger partial charge in [-0.15, -0.1) is 0 Å². The maximum Gasteiger partial charge on any atom is 0.410 e. The highest BCUT2D eigenvalue weighted by Crippen LogP contribution is 2.32. The molecule has 1 atom stereocenters. The molecule has 0 spiro atoms. The Morgan fingerprint density at radius 1 is 1.02 bits per heavy atom. The van der Waals surface area contributed by atoms with E-state index in [1.54, 1.807) is 45.1 Å². The Morgan fingerprint density at radius 2 is 1.73 bits per heavy atom. The van der Waals surface area contributed by atoms with E-state index >= 15 is 0 Å². The van der Waals surface area contributed by atoms with Gasteiger partial charge in [0.2, 0.25) is 0 Å². The number of carbonyl (C=O) groups excluding carboxylic acids is 3. The fourth-order valence-corrected chi connectivity index (χ4v) is 5.65. The van der Waals surface area contributed by atoms with Crippen LogP contribution in [0.3, 0.4) is 0 Å². The summed E-state index contributed by atoms with van der Waals surface area (Å²) in [6, 6.07) is 5.77. The number of ketones is 1. The molecule has 1 fully saturated rings. The third-order valence-electron chi connectivity index (χ3n) is 7.42. The second kappa shape index (κ2) is 12.0. The van der Waals surface area contributed by atoms with Gasteiger partial charge in [0.15, 0.2) is 5.78 Å². The Morgan fingerprint density at radius 3 is 2.39 bits per heavy atom. The Hall–Kier alpha value is -3.75. The molecule has 8 nitrogen and oxygen atoms in total. The highest BCUT2D eigenvalue weighted by molar-refractivity contribution is 6.10. The van der Waals surface area contributed by atoms with E-state index in [1.165, 1.54) is 12.1 Å². The van der Waals surface area contributed by atoms with Crippen LogP contribution >= 0.6 is 0 Å². The molecule has 9 heteroatoms. The van der Waals surface area contributed by atoms with Crippen LogP contribution in [0.5, 0.6) is 0 Å². The maximum absolute atomic E-state index is 14.5. The van der Waals surface area contributed by atoms with Crippen molar-refractivity contribution in [2.24, 2.45) is 5.92 Å². The first-order chi connectivity index (χ1) is 19.3. The SMILES string of the molecule is CC(C)N(C(=O)c1cc(F)ccc1-n1cc(C(=O)C2CCCN(C(=O)OC(C)(C)C)CC2)c2ccncc21)C(C)C. The lowest BCUT2D eigenvalue weighted by Gasteiger charge is -2.31. The van der Waals surface area contributed by atoms with E-state index in [-0.39, 0.29) is 41.3 Å². The third-order valence-corrected chi connectivity index (χ3v) is 7.42. The van der Waals surface area contributed by atoms with Crippen LogP contribution in [0.4, 0.5) is 9.18 Å². The molecule has 1 unspecified atom stereocenters. The van der Waals surface area contributed by atoms with Crippen molar-refractivity contribution in [3.63, 3.8) is 0 Å². The van der Waals surface area contributed by atoms with Crippen molar-refractivity contribution in [2.45, 2.75) is 85.4 Å². The molecule has 2 amide bonds. The second-order valence-corrected chi connectivity index (χ2v) is 12.3. The summed E-state index contributed by atoms with van der Waals surface area (Å²) < 4.78 is 21.8. The Balaban J connectivity index is 1.70.